The van der Waals surface area contributed by atoms with Crippen molar-refractivity contribution in [2.24, 2.45) is 0 Å². The molecule has 0 spiro atoms. The van der Waals surface area contributed by atoms with Gasteiger partial charge in [0.2, 0.25) is 0 Å². The summed E-state index contributed by atoms with van der Waals surface area (Å²) < 4.78 is 10.7. The SMILES string of the molecule is CCc1ccccc1OCC(=O)NNC(=O)c1ccc(C)c(OC)c1. The van der Waals surface area contributed by atoms with E-state index in [0.29, 0.717) is 17.1 Å². The van der Waals surface area contributed by atoms with E-state index in [2.05, 4.69) is 10.9 Å². The fourth-order valence-corrected chi connectivity index (χ4v) is 2.28. The van der Waals surface area contributed by atoms with Gasteiger partial charge in [0.05, 0.1) is 7.11 Å². The lowest BCUT2D eigenvalue weighted by molar-refractivity contribution is -0.123. The number of hydrazine groups is 1. The van der Waals surface area contributed by atoms with Crippen LogP contribution in [0.1, 0.15) is 28.4 Å². The van der Waals surface area contributed by atoms with Crippen LogP contribution in [-0.4, -0.2) is 25.5 Å². The maximum absolute atomic E-state index is 12.1. The lowest BCUT2D eigenvalue weighted by atomic mass is 10.1. The summed E-state index contributed by atoms with van der Waals surface area (Å²) in [5.41, 5.74) is 7.03. The summed E-state index contributed by atoms with van der Waals surface area (Å²) in [4.78, 5) is 23.9. The Bertz CT molecular complexity index is 759. The van der Waals surface area contributed by atoms with Crippen LogP contribution in [0.2, 0.25) is 0 Å². The topological polar surface area (TPSA) is 76.7 Å². The maximum Gasteiger partial charge on any atom is 0.276 e. The van der Waals surface area contributed by atoms with Crippen LogP contribution in [0.15, 0.2) is 42.5 Å². The Kier molecular flexibility index (Phi) is 6.39. The van der Waals surface area contributed by atoms with Gasteiger partial charge in [-0.1, -0.05) is 31.2 Å². The molecule has 0 bridgehead atoms. The smallest absolute Gasteiger partial charge is 0.276 e. The summed E-state index contributed by atoms with van der Waals surface area (Å²) in [5, 5.41) is 0. The van der Waals surface area contributed by atoms with Gasteiger partial charge in [0.25, 0.3) is 11.8 Å². The Hall–Kier alpha value is -3.02. The first-order valence-electron chi connectivity index (χ1n) is 7.99. The molecule has 25 heavy (non-hydrogen) atoms. The van der Waals surface area contributed by atoms with Crippen LogP contribution in [0, 0.1) is 6.92 Å². The van der Waals surface area contributed by atoms with Crippen LogP contribution >= 0.6 is 0 Å². The quantitative estimate of drug-likeness (QED) is 0.791. The molecule has 0 aliphatic rings. The highest BCUT2D eigenvalue weighted by Gasteiger charge is 2.10. The van der Waals surface area contributed by atoms with Crippen LogP contribution in [-0.2, 0) is 11.2 Å². The highest BCUT2D eigenvalue weighted by atomic mass is 16.5. The van der Waals surface area contributed by atoms with E-state index in [4.69, 9.17) is 9.47 Å². The molecule has 0 aliphatic carbocycles. The normalized spacial score (nSPS) is 10.0. The lowest BCUT2D eigenvalue weighted by Crippen LogP contribution is -2.43. The number of methoxy groups -OCH3 is 1. The van der Waals surface area contributed by atoms with E-state index in [9.17, 15) is 9.59 Å². The van der Waals surface area contributed by atoms with Gasteiger partial charge in [-0.05, 0) is 42.7 Å². The van der Waals surface area contributed by atoms with Crippen molar-refractivity contribution < 1.29 is 19.1 Å². The minimum atomic E-state index is -0.446. The second-order valence-electron chi connectivity index (χ2n) is 5.44. The molecule has 6 heteroatoms. The van der Waals surface area contributed by atoms with Gasteiger partial charge < -0.3 is 9.47 Å². The molecule has 2 aromatic carbocycles. The summed E-state index contributed by atoms with van der Waals surface area (Å²) in [5.74, 6) is 0.396. The van der Waals surface area contributed by atoms with Gasteiger partial charge in [0, 0.05) is 5.56 Å². The van der Waals surface area contributed by atoms with Crippen molar-refractivity contribution >= 4 is 11.8 Å². The minimum absolute atomic E-state index is 0.186. The van der Waals surface area contributed by atoms with E-state index in [-0.39, 0.29) is 6.61 Å². The highest BCUT2D eigenvalue weighted by Crippen LogP contribution is 2.19. The fraction of sp³-hybridized carbons (Fsp3) is 0.263. The van der Waals surface area contributed by atoms with Crippen LogP contribution < -0.4 is 20.3 Å². The number of carbonyl (C=O) groups excluding carboxylic acids is 2. The molecular weight excluding hydrogens is 320 g/mol. The molecule has 0 saturated carbocycles. The number of para-hydroxylation sites is 1. The van der Waals surface area contributed by atoms with E-state index in [1.165, 1.54) is 7.11 Å². The average Bonchev–Trinajstić information content (AvgIpc) is 2.64. The van der Waals surface area contributed by atoms with Crippen molar-refractivity contribution in [3.8, 4) is 11.5 Å². The molecule has 0 aromatic heterocycles. The van der Waals surface area contributed by atoms with Crippen molar-refractivity contribution in [3.63, 3.8) is 0 Å². The third-order valence-electron chi connectivity index (χ3n) is 3.70. The number of benzene rings is 2. The number of rotatable bonds is 6. The molecule has 0 aliphatic heterocycles. The summed E-state index contributed by atoms with van der Waals surface area (Å²) >= 11 is 0. The molecule has 0 atom stereocenters. The first-order valence-corrected chi connectivity index (χ1v) is 7.99. The number of ether oxygens (including phenoxy) is 2. The van der Waals surface area contributed by atoms with Gasteiger partial charge in [-0.15, -0.1) is 0 Å². The van der Waals surface area contributed by atoms with E-state index in [1.54, 1.807) is 18.2 Å². The summed E-state index contributed by atoms with van der Waals surface area (Å²) in [6.45, 7) is 3.71. The second kappa shape index (κ2) is 8.73. The second-order valence-corrected chi connectivity index (χ2v) is 5.44. The first kappa shape index (κ1) is 18.3. The zero-order valence-corrected chi connectivity index (χ0v) is 14.6. The van der Waals surface area contributed by atoms with Gasteiger partial charge in [0.1, 0.15) is 11.5 Å². The number of amides is 2. The zero-order chi connectivity index (χ0) is 18.2. The average molecular weight is 342 g/mol. The van der Waals surface area contributed by atoms with E-state index >= 15 is 0 Å². The molecule has 0 unspecified atom stereocenters. The molecule has 6 nitrogen and oxygen atoms in total. The van der Waals surface area contributed by atoms with Gasteiger partial charge in [-0.2, -0.15) is 0 Å². The highest BCUT2D eigenvalue weighted by molar-refractivity contribution is 5.95. The Morgan fingerprint density at radius 2 is 1.80 bits per heavy atom. The van der Waals surface area contributed by atoms with Crippen LogP contribution in [0.5, 0.6) is 11.5 Å². The first-order chi connectivity index (χ1) is 12.0. The Morgan fingerprint density at radius 3 is 2.52 bits per heavy atom. The Morgan fingerprint density at radius 1 is 1.04 bits per heavy atom. The summed E-state index contributed by atoms with van der Waals surface area (Å²) in [7, 11) is 1.54. The van der Waals surface area contributed by atoms with Crippen molar-refractivity contribution in [2.75, 3.05) is 13.7 Å². The largest absolute Gasteiger partial charge is 0.496 e. The summed E-state index contributed by atoms with van der Waals surface area (Å²) in [6.07, 6.45) is 0.809. The fourth-order valence-electron chi connectivity index (χ4n) is 2.28. The predicted octanol–water partition coefficient (Wildman–Crippen LogP) is 2.41. The van der Waals surface area contributed by atoms with E-state index in [1.807, 2.05) is 38.1 Å². The molecule has 2 aromatic rings. The molecule has 0 fully saturated rings. The molecule has 2 N–H and O–H groups in total. The van der Waals surface area contributed by atoms with E-state index in [0.717, 1.165) is 17.5 Å². The Labute approximate surface area is 147 Å². The standard InChI is InChI=1S/C19H22N2O4/c1-4-14-7-5-6-8-16(14)25-12-18(22)20-21-19(23)15-10-9-13(2)17(11-15)24-3/h5-11H,4,12H2,1-3H3,(H,20,22)(H,21,23). The van der Waals surface area contributed by atoms with Gasteiger partial charge >= 0.3 is 0 Å². The van der Waals surface area contributed by atoms with E-state index < -0.39 is 11.8 Å². The van der Waals surface area contributed by atoms with Crippen molar-refractivity contribution in [2.45, 2.75) is 20.3 Å². The van der Waals surface area contributed by atoms with Gasteiger partial charge in [-0.3, -0.25) is 20.4 Å². The summed E-state index contributed by atoms with van der Waals surface area (Å²) in [6, 6.07) is 12.6. The Balaban J connectivity index is 1.86. The number of nitrogens with one attached hydrogen (secondary N) is 2. The number of hydrogen-bond acceptors (Lipinski definition) is 4. The number of carbonyl (C=O) groups is 2. The molecule has 2 amide bonds. The van der Waals surface area contributed by atoms with Crippen LogP contribution in [0.25, 0.3) is 0 Å². The van der Waals surface area contributed by atoms with Crippen LogP contribution in [0.3, 0.4) is 0 Å². The number of hydrogen-bond donors (Lipinski definition) is 2. The lowest BCUT2D eigenvalue weighted by Gasteiger charge is -2.12. The van der Waals surface area contributed by atoms with Gasteiger partial charge in [0.15, 0.2) is 6.61 Å². The van der Waals surface area contributed by atoms with Crippen LogP contribution in [0.4, 0.5) is 0 Å². The third kappa shape index (κ3) is 4.97. The monoisotopic (exact) mass is 342 g/mol. The van der Waals surface area contributed by atoms with Crippen molar-refractivity contribution in [1.82, 2.24) is 10.9 Å². The molecule has 132 valence electrons. The molecular formula is C19H22N2O4. The third-order valence-corrected chi connectivity index (χ3v) is 3.70. The van der Waals surface area contributed by atoms with Crippen molar-refractivity contribution in [3.05, 3.63) is 59.2 Å². The van der Waals surface area contributed by atoms with Crippen molar-refractivity contribution in [1.29, 1.82) is 0 Å². The molecule has 0 radical (unpaired) electrons. The number of aryl methyl sites for hydroxylation is 2. The molecule has 0 heterocycles. The molecule has 2 rings (SSSR count). The zero-order valence-electron chi connectivity index (χ0n) is 14.6. The minimum Gasteiger partial charge on any atom is -0.496 e. The maximum atomic E-state index is 12.1. The predicted molar refractivity (Wildman–Crippen MR) is 94.7 cm³/mol. The van der Waals surface area contributed by atoms with Gasteiger partial charge in [-0.25, -0.2) is 0 Å². The molecule has 0 saturated heterocycles.